The lowest BCUT2D eigenvalue weighted by Gasteiger charge is -2.36. The largest absolute Gasteiger partial charge is 0.501 e. The third-order valence-corrected chi connectivity index (χ3v) is 7.94. The monoisotopic (exact) mass is 539 g/mol. The van der Waals surface area contributed by atoms with E-state index in [4.69, 9.17) is 9.47 Å². The van der Waals surface area contributed by atoms with Gasteiger partial charge in [0.1, 0.15) is 23.9 Å². The van der Waals surface area contributed by atoms with Crippen LogP contribution in [0.4, 0.5) is 18.9 Å². The van der Waals surface area contributed by atoms with Crippen LogP contribution < -0.4 is 4.74 Å². The molecule has 0 aromatic heterocycles. The van der Waals surface area contributed by atoms with Crippen molar-refractivity contribution >= 4 is 27.3 Å². The van der Waals surface area contributed by atoms with Gasteiger partial charge in [-0.1, -0.05) is 26.0 Å². The normalized spacial score (nSPS) is 17.1. The van der Waals surface area contributed by atoms with Gasteiger partial charge in [-0.05, 0) is 36.8 Å². The minimum atomic E-state index is -5.56. The van der Waals surface area contributed by atoms with Gasteiger partial charge in [0.25, 0.3) is 9.84 Å². The smallest absolute Gasteiger partial charge is 0.464 e. The van der Waals surface area contributed by atoms with Gasteiger partial charge in [-0.25, -0.2) is 13.4 Å². The van der Waals surface area contributed by atoms with E-state index in [0.717, 1.165) is 12.1 Å². The zero-order valence-electron chi connectivity index (χ0n) is 20.5. The first-order chi connectivity index (χ1) is 17.5. The molecular formula is C25H28F3N3O5S. The summed E-state index contributed by atoms with van der Waals surface area (Å²) in [5.74, 6) is 0.577. The third kappa shape index (κ3) is 5.74. The van der Waals surface area contributed by atoms with Gasteiger partial charge >= 0.3 is 11.5 Å². The number of fused-ring (bicyclic) bond motifs is 2. The van der Waals surface area contributed by atoms with Crippen LogP contribution >= 0.6 is 0 Å². The second-order valence-corrected chi connectivity index (χ2v) is 10.9. The molecule has 12 heteroatoms. The van der Waals surface area contributed by atoms with E-state index >= 15 is 0 Å². The van der Waals surface area contributed by atoms with Crippen molar-refractivity contribution in [2.45, 2.75) is 30.7 Å². The molecule has 2 aliphatic heterocycles. The quantitative estimate of drug-likeness (QED) is 0.504. The lowest BCUT2D eigenvalue weighted by molar-refractivity contribution is -0.148. The van der Waals surface area contributed by atoms with Crippen molar-refractivity contribution in [2.24, 2.45) is 10.9 Å². The van der Waals surface area contributed by atoms with E-state index in [2.05, 4.69) is 9.89 Å². The van der Waals surface area contributed by atoms with Crippen LogP contribution in [0, 0.1) is 5.92 Å². The Bertz CT molecular complexity index is 1290. The molecule has 2 aromatic rings. The SMILES string of the molecule is CCC(C)C(=O)OCCN1CCN(C2=Nc3ccccc3Oc3ccc(S(=O)(=O)C(F)(F)F)cc32)CC1. The Morgan fingerprint density at radius 2 is 1.81 bits per heavy atom. The van der Waals surface area contributed by atoms with E-state index in [1.54, 1.807) is 24.3 Å². The van der Waals surface area contributed by atoms with Crippen LogP contribution in [0.1, 0.15) is 25.8 Å². The van der Waals surface area contributed by atoms with Crippen molar-refractivity contribution in [1.82, 2.24) is 9.80 Å². The van der Waals surface area contributed by atoms with Gasteiger partial charge < -0.3 is 14.4 Å². The molecule has 0 amide bonds. The molecule has 200 valence electrons. The second kappa shape index (κ2) is 10.7. The number of hydrogen-bond donors (Lipinski definition) is 0. The number of nitrogens with zero attached hydrogens (tertiary/aromatic N) is 3. The topological polar surface area (TPSA) is 88.5 Å². The maximum Gasteiger partial charge on any atom is 0.501 e. The summed E-state index contributed by atoms with van der Waals surface area (Å²) in [5, 5.41) is 0. The number of ether oxygens (including phenoxy) is 2. The van der Waals surface area contributed by atoms with Crippen LogP contribution in [0.25, 0.3) is 0 Å². The number of carbonyl (C=O) groups is 1. The summed E-state index contributed by atoms with van der Waals surface area (Å²) in [7, 11) is -5.56. The van der Waals surface area contributed by atoms with Gasteiger partial charge in [-0.2, -0.15) is 13.2 Å². The van der Waals surface area contributed by atoms with Crippen LogP contribution in [0.15, 0.2) is 52.4 Å². The van der Waals surface area contributed by atoms with Crippen molar-refractivity contribution in [3.63, 3.8) is 0 Å². The van der Waals surface area contributed by atoms with Crippen molar-refractivity contribution in [3.8, 4) is 11.5 Å². The number of rotatable bonds is 6. The number of carbonyl (C=O) groups excluding carboxylic acids is 1. The van der Waals surface area contributed by atoms with Crippen LogP contribution in [-0.2, 0) is 19.4 Å². The molecule has 0 aliphatic carbocycles. The molecule has 0 bridgehead atoms. The number of sulfone groups is 1. The Hall–Kier alpha value is -3.12. The van der Waals surface area contributed by atoms with Crippen molar-refractivity contribution in [1.29, 1.82) is 0 Å². The van der Waals surface area contributed by atoms with E-state index in [0.29, 0.717) is 56.4 Å². The summed E-state index contributed by atoms with van der Waals surface area (Å²) in [6, 6.07) is 10.0. The first-order valence-electron chi connectivity index (χ1n) is 12.0. The maximum atomic E-state index is 13.3. The van der Waals surface area contributed by atoms with E-state index in [1.807, 2.05) is 18.7 Å². The molecule has 2 heterocycles. The first kappa shape index (κ1) is 26.9. The number of para-hydroxylation sites is 2. The van der Waals surface area contributed by atoms with Gasteiger partial charge in [-0.15, -0.1) is 0 Å². The molecule has 0 radical (unpaired) electrons. The molecule has 0 spiro atoms. The number of hydrogen-bond acceptors (Lipinski definition) is 8. The van der Waals surface area contributed by atoms with Gasteiger partial charge in [-0.3, -0.25) is 9.69 Å². The summed E-state index contributed by atoms with van der Waals surface area (Å²) in [6.45, 7) is 6.72. The Labute approximate surface area is 213 Å². The predicted octanol–water partition coefficient (Wildman–Crippen LogP) is 4.37. The lowest BCUT2D eigenvalue weighted by Crippen LogP contribution is -2.49. The zero-order chi connectivity index (χ0) is 26.8. The first-order valence-corrected chi connectivity index (χ1v) is 13.4. The Kier molecular flexibility index (Phi) is 7.79. The highest BCUT2D eigenvalue weighted by Crippen LogP contribution is 2.40. The number of amidine groups is 1. The van der Waals surface area contributed by atoms with Crippen molar-refractivity contribution in [2.75, 3.05) is 39.3 Å². The number of benzene rings is 2. The third-order valence-electron chi connectivity index (χ3n) is 6.46. The summed E-state index contributed by atoms with van der Waals surface area (Å²) >= 11 is 0. The number of piperazine rings is 1. The molecule has 37 heavy (non-hydrogen) atoms. The van der Waals surface area contributed by atoms with Crippen molar-refractivity contribution < 1.29 is 35.9 Å². The molecule has 2 aromatic carbocycles. The van der Waals surface area contributed by atoms with Crippen molar-refractivity contribution in [3.05, 3.63) is 48.0 Å². The highest BCUT2D eigenvalue weighted by molar-refractivity contribution is 7.92. The minimum Gasteiger partial charge on any atom is -0.464 e. The van der Waals surface area contributed by atoms with E-state index in [1.165, 1.54) is 6.07 Å². The van der Waals surface area contributed by atoms with Crippen LogP contribution in [0.5, 0.6) is 11.5 Å². The fraction of sp³-hybridized carbons (Fsp3) is 0.440. The lowest BCUT2D eigenvalue weighted by atomic mass is 10.1. The Morgan fingerprint density at radius 1 is 1.11 bits per heavy atom. The average molecular weight is 540 g/mol. The minimum absolute atomic E-state index is 0.152. The average Bonchev–Trinajstić information content (AvgIpc) is 3.04. The molecule has 0 N–H and O–H groups in total. The molecule has 1 fully saturated rings. The van der Waals surface area contributed by atoms with Crippen LogP contribution in [-0.4, -0.2) is 74.9 Å². The number of alkyl halides is 3. The van der Waals surface area contributed by atoms with Crippen LogP contribution in [0.2, 0.25) is 0 Å². The molecular weight excluding hydrogens is 511 g/mol. The van der Waals surface area contributed by atoms with E-state index < -0.39 is 20.2 Å². The van der Waals surface area contributed by atoms with Gasteiger partial charge in [0.15, 0.2) is 5.75 Å². The fourth-order valence-electron chi connectivity index (χ4n) is 4.01. The van der Waals surface area contributed by atoms with Gasteiger partial charge in [0, 0.05) is 32.7 Å². The van der Waals surface area contributed by atoms with E-state index in [9.17, 15) is 26.4 Å². The summed E-state index contributed by atoms with van der Waals surface area (Å²) < 4.78 is 75.3. The maximum absolute atomic E-state index is 13.3. The molecule has 4 rings (SSSR count). The number of aliphatic imine (C=N–C) groups is 1. The fourth-order valence-corrected chi connectivity index (χ4v) is 4.80. The number of esters is 1. The molecule has 1 unspecified atom stereocenters. The summed E-state index contributed by atoms with van der Waals surface area (Å²) in [6.07, 6.45) is 0.708. The molecule has 1 saturated heterocycles. The molecule has 2 aliphatic rings. The second-order valence-electron chi connectivity index (χ2n) is 8.92. The molecule has 8 nitrogen and oxygen atoms in total. The summed E-state index contributed by atoms with van der Waals surface area (Å²) in [5.41, 5.74) is -4.79. The molecule has 0 saturated carbocycles. The standard InChI is InChI=1S/C25H28F3N3O5S/c1-3-17(2)24(32)35-15-14-30-10-12-31(13-11-30)23-19-16-18(37(33,34)25(26,27)28)8-9-21(19)36-22-7-5-4-6-20(22)29-23/h4-9,16-17H,3,10-15H2,1-2H3. The molecule has 1 atom stereocenters. The highest BCUT2D eigenvalue weighted by atomic mass is 32.2. The van der Waals surface area contributed by atoms with Gasteiger partial charge in [0.05, 0.1) is 16.4 Å². The summed E-state index contributed by atoms with van der Waals surface area (Å²) in [4.78, 5) is 19.7. The predicted molar refractivity (Wildman–Crippen MR) is 131 cm³/mol. The zero-order valence-corrected chi connectivity index (χ0v) is 21.3. The van der Waals surface area contributed by atoms with Crippen LogP contribution in [0.3, 0.4) is 0 Å². The van der Waals surface area contributed by atoms with Gasteiger partial charge in [0.2, 0.25) is 0 Å². The highest BCUT2D eigenvalue weighted by Gasteiger charge is 2.47. The number of halogens is 3. The van der Waals surface area contributed by atoms with E-state index in [-0.39, 0.29) is 29.8 Å². The Morgan fingerprint density at radius 3 is 2.49 bits per heavy atom. The Balaban J connectivity index is 1.57.